The van der Waals surface area contributed by atoms with E-state index in [1.54, 1.807) is 0 Å². The smallest absolute Gasteiger partial charge is 0.237 e. The quantitative estimate of drug-likeness (QED) is 0.897. The van der Waals surface area contributed by atoms with Crippen LogP contribution in [0.15, 0.2) is 28.7 Å². The number of piperazine rings is 1. The standard InChI is InChI=1S/C12H15BrN2O/c1-9-12(16)14-6-7-15(9)8-10-4-2-3-5-11(10)13/h2-5,9H,6-8H2,1H3,(H,14,16). The van der Waals surface area contributed by atoms with Crippen molar-refractivity contribution in [2.24, 2.45) is 0 Å². The Morgan fingerprint density at radius 2 is 2.25 bits per heavy atom. The van der Waals surface area contributed by atoms with Crippen molar-refractivity contribution in [1.82, 2.24) is 10.2 Å². The van der Waals surface area contributed by atoms with E-state index < -0.39 is 0 Å². The second-order valence-electron chi connectivity index (χ2n) is 4.03. The Morgan fingerprint density at radius 1 is 1.50 bits per heavy atom. The first-order valence-corrected chi connectivity index (χ1v) is 6.23. The molecule has 1 heterocycles. The van der Waals surface area contributed by atoms with Gasteiger partial charge in [0.15, 0.2) is 0 Å². The van der Waals surface area contributed by atoms with Gasteiger partial charge in [0.25, 0.3) is 0 Å². The third-order valence-corrected chi connectivity index (χ3v) is 3.73. The van der Waals surface area contributed by atoms with Gasteiger partial charge in [0.1, 0.15) is 0 Å². The van der Waals surface area contributed by atoms with Gasteiger partial charge < -0.3 is 5.32 Å². The van der Waals surface area contributed by atoms with Crippen LogP contribution in [0.2, 0.25) is 0 Å². The molecule has 1 aromatic rings. The van der Waals surface area contributed by atoms with Gasteiger partial charge in [-0.25, -0.2) is 0 Å². The highest BCUT2D eigenvalue weighted by Gasteiger charge is 2.25. The molecule has 0 saturated carbocycles. The highest BCUT2D eigenvalue weighted by atomic mass is 79.9. The molecule has 86 valence electrons. The Hall–Kier alpha value is -0.870. The summed E-state index contributed by atoms with van der Waals surface area (Å²) in [5, 5.41) is 2.87. The van der Waals surface area contributed by atoms with Gasteiger partial charge in [0.2, 0.25) is 5.91 Å². The Morgan fingerprint density at radius 3 is 3.00 bits per heavy atom. The lowest BCUT2D eigenvalue weighted by Crippen LogP contribution is -2.53. The molecule has 1 fully saturated rings. The molecule has 1 atom stereocenters. The largest absolute Gasteiger partial charge is 0.353 e. The highest BCUT2D eigenvalue weighted by Crippen LogP contribution is 2.19. The summed E-state index contributed by atoms with van der Waals surface area (Å²) in [6, 6.07) is 8.10. The Kier molecular flexibility index (Phi) is 3.61. The first kappa shape index (κ1) is 11.6. The van der Waals surface area contributed by atoms with Gasteiger partial charge >= 0.3 is 0 Å². The molecule has 16 heavy (non-hydrogen) atoms. The van der Waals surface area contributed by atoms with E-state index in [2.05, 4.69) is 32.2 Å². The summed E-state index contributed by atoms with van der Waals surface area (Å²) in [6.07, 6.45) is 0. The van der Waals surface area contributed by atoms with Crippen LogP contribution in [0.4, 0.5) is 0 Å². The summed E-state index contributed by atoms with van der Waals surface area (Å²) in [4.78, 5) is 13.7. The number of carbonyl (C=O) groups is 1. The summed E-state index contributed by atoms with van der Waals surface area (Å²) in [5.74, 6) is 0.123. The number of halogens is 1. The lowest BCUT2D eigenvalue weighted by molar-refractivity contribution is -0.128. The van der Waals surface area contributed by atoms with Gasteiger partial charge in [-0.05, 0) is 18.6 Å². The number of hydrogen-bond donors (Lipinski definition) is 1. The van der Waals surface area contributed by atoms with Gasteiger partial charge in [-0.15, -0.1) is 0 Å². The Balaban J connectivity index is 2.09. The van der Waals surface area contributed by atoms with Crippen molar-refractivity contribution in [1.29, 1.82) is 0 Å². The van der Waals surface area contributed by atoms with E-state index in [0.29, 0.717) is 0 Å². The molecular formula is C12H15BrN2O. The fraction of sp³-hybridized carbons (Fsp3) is 0.417. The summed E-state index contributed by atoms with van der Waals surface area (Å²) in [7, 11) is 0. The third-order valence-electron chi connectivity index (χ3n) is 2.96. The molecule has 0 spiro atoms. The molecule has 0 radical (unpaired) electrons. The van der Waals surface area contributed by atoms with Crippen molar-refractivity contribution in [2.75, 3.05) is 13.1 Å². The molecule has 2 rings (SSSR count). The molecule has 0 aromatic heterocycles. The van der Waals surface area contributed by atoms with Crippen molar-refractivity contribution in [3.8, 4) is 0 Å². The molecule has 3 nitrogen and oxygen atoms in total. The summed E-state index contributed by atoms with van der Waals surface area (Å²) in [5.41, 5.74) is 1.23. The molecule has 4 heteroatoms. The normalized spacial score (nSPS) is 21.9. The number of nitrogens with zero attached hydrogens (tertiary/aromatic N) is 1. The van der Waals surface area contributed by atoms with E-state index in [4.69, 9.17) is 0 Å². The van der Waals surface area contributed by atoms with Gasteiger partial charge in [-0.2, -0.15) is 0 Å². The minimum atomic E-state index is -0.0409. The average molecular weight is 283 g/mol. The van der Waals surface area contributed by atoms with E-state index in [-0.39, 0.29) is 11.9 Å². The molecule has 1 N–H and O–H groups in total. The number of nitrogens with one attached hydrogen (secondary N) is 1. The average Bonchev–Trinajstić information content (AvgIpc) is 2.28. The van der Waals surface area contributed by atoms with Crippen LogP contribution in [0.3, 0.4) is 0 Å². The zero-order valence-electron chi connectivity index (χ0n) is 9.24. The van der Waals surface area contributed by atoms with Gasteiger partial charge in [-0.1, -0.05) is 34.1 Å². The molecule has 1 aliphatic rings. The predicted octanol–water partition coefficient (Wildman–Crippen LogP) is 1.77. The summed E-state index contributed by atoms with van der Waals surface area (Å²) >= 11 is 3.53. The van der Waals surface area contributed by atoms with Crippen molar-refractivity contribution >= 4 is 21.8 Å². The van der Waals surface area contributed by atoms with Crippen LogP contribution < -0.4 is 5.32 Å². The first-order chi connectivity index (χ1) is 7.68. The van der Waals surface area contributed by atoms with Crippen molar-refractivity contribution in [2.45, 2.75) is 19.5 Å². The number of amides is 1. The van der Waals surface area contributed by atoms with Crippen molar-refractivity contribution in [3.63, 3.8) is 0 Å². The third kappa shape index (κ3) is 2.44. The lowest BCUT2D eigenvalue weighted by Gasteiger charge is -2.32. The van der Waals surface area contributed by atoms with Crippen LogP contribution in [0, 0.1) is 0 Å². The van der Waals surface area contributed by atoms with Gasteiger partial charge in [0.05, 0.1) is 6.04 Å². The van der Waals surface area contributed by atoms with E-state index in [1.165, 1.54) is 5.56 Å². The molecule has 1 aliphatic heterocycles. The number of benzene rings is 1. The summed E-state index contributed by atoms with van der Waals surface area (Å²) in [6.45, 7) is 4.42. The fourth-order valence-electron chi connectivity index (χ4n) is 1.89. The number of rotatable bonds is 2. The van der Waals surface area contributed by atoms with Gasteiger partial charge in [0, 0.05) is 24.1 Å². The number of hydrogen-bond acceptors (Lipinski definition) is 2. The second-order valence-corrected chi connectivity index (χ2v) is 4.88. The fourth-order valence-corrected chi connectivity index (χ4v) is 2.30. The van der Waals surface area contributed by atoms with Crippen LogP contribution in [-0.4, -0.2) is 29.9 Å². The maximum atomic E-state index is 11.5. The molecule has 1 amide bonds. The maximum Gasteiger partial charge on any atom is 0.237 e. The summed E-state index contributed by atoms with van der Waals surface area (Å²) < 4.78 is 1.10. The minimum absolute atomic E-state index is 0.0409. The zero-order chi connectivity index (χ0) is 11.5. The van der Waals surface area contributed by atoms with E-state index in [9.17, 15) is 4.79 Å². The highest BCUT2D eigenvalue weighted by molar-refractivity contribution is 9.10. The van der Waals surface area contributed by atoms with E-state index in [1.807, 2.05) is 25.1 Å². The van der Waals surface area contributed by atoms with E-state index in [0.717, 1.165) is 24.1 Å². The topological polar surface area (TPSA) is 32.3 Å². The molecule has 1 aromatic carbocycles. The molecule has 1 unspecified atom stereocenters. The van der Waals surface area contributed by atoms with Crippen LogP contribution in [0.5, 0.6) is 0 Å². The Bertz CT molecular complexity index is 394. The lowest BCUT2D eigenvalue weighted by atomic mass is 10.1. The Labute approximate surface area is 104 Å². The maximum absolute atomic E-state index is 11.5. The van der Waals surface area contributed by atoms with E-state index >= 15 is 0 Å². The molecule has 0 bridgehead atoms. The zero-order valence-corrected chi connectivity index (χ0v) is 10.8. The monoisotopic (exact) mass is 282 g/mol. The van der Waals surface area contributed by atoms with Crippen LogP contribution in [0.25, 0.3) is 0 Å². The minimum Gasteiger partial charge on any atom is -0.353 e. The van der Waals surface area contributed by atoms with Gasteiger partial charge in [-0.3, -0.25) is 9.69 Å². The SMILES string of the molecule is CC1C(=O)NCCN1Cc1ccccc1Br. The van der Waals surface area contributed by atoms with Crippen LogP contribution in [-0.2, 0) is 11.3 Å². The van der Waals surface area contributed by atoms with Crippen LogP contribution >= 0.6 is 15.9 Å². The second kappa shape index (κ2) is 4.97. The first-order valence-electron chi connectivity index (χ1n) is 5.43. The molecule has 1 saturated heterocycles. The van der Waals surface area contributed by atoms with Crippen LogP contribution in [0.1, 0.15) is 12.5 Å². The predicted molar refractivity (Wildman–Crippen MR) is 67.0 cm³/mol. The molecule has 0 aliphatic carbocycles. The van der Waals surface area contributed by atoms with Crippen molar-refractivity contribution in [3.05, 3.63) is 34.3 Å². The molecular weight excluding hydrogens is 268 g/mol. The number of carbonyl (C=O) groups excluding carboxylic acids is 1. The van der Waals surface area contributed by atoms with Crippen molar-refractivity contribution < 1.29 is 4.79 Å².